The number of hydrogen-bond donors (Lipinski definition) is 1. The van der Waals surface area contributed by atoms with E-state index in [1.165, 1.54) is 0 Å². The van der Waals surface area contributed by atoms with Gasteiger partial charge in [-0.05, 0) is 26.1 Å². The Balaban J connectivity index is 0.00000256. The molecule has 1 aromatic rings. The number of aryl methyl sites for hydroxylation is 1. The van der Waals surface area contributed by atoms with E-state index >= 15 is 0 Å². The van der Waals surface area contributed by atoms with Gasteiger partial charge in [0.15, 0.2) is 0 Å². The summed E-state index contributed by atoms with van der Waals surface area (Å²) in [6.07, 6.45) is 1.98. The van der Waals surface area contributed by atoms with Crippen LogP contribution >= 0.6 is 12.4 Å². The lowest BCUT2D eigenvalue weighted by Crippen LogP contribution is -2.40. The molecule has 0 aliphatic carbocycles. The second-order valence-electron chi connectivity index (χ2n) is 4.18. The Hall–Kier alpha value is -0.580. The van der Waals surface area contributed by atoms with Crippen molar-refractivity contribution in [3.63, 3.8) is 0 Å². The van der Waals surface area contributed by atoms with Crippen LogP contribution in [0.3, 0.4) is 0 Å². The van der Waals surface area contributed by atoms with E-state index in [1.807, 2.05) is 17.9 Å². The fraction of sp³-hybridized carbons (Fsp3) is 0.750. The molecule has 1 atom stereocenters. The molecule has 17 heavy (non-hydrogen) atoms. The molecule has 0 saturated carbocycles. The molecule has 0 bridgehead atoms. The Kier molecular flexibility index (Phi) is 8.21. The maximum atomic E-state index is 4.33. The molecule has 0 radical (unpaired) electrons. The van der Waals surface area contributed by atoms with Gasteiger partial charge in [-0.2, -0.15) is 5.10 Å². The molecule has 1 unspecified atom stereocenters. The van der Waals surface area contributed by atoms with E-state index in [-0.39, 0.29) is 12.4 Å². The zero-order chi connectivity index (χ0) is 12.0. The van der Waals surface area contributed by atoms with Crippen molar-refractivity contribution in [3.8, 4) is 0 Å². The van der Waals surface area contributed by atoms with Gasteiger partial charge in [0, 0.05) is 32.4 Å². The molecule has 5 heteroatoms. The third kappa shape index (κ3) is 5.52. The maximum absolute atomic E-state index is 4.33. The maximum Gasteiger partial charge on any atom is 0.0762 e. The first-order valence-electron chi connectivity index (χ1n) is 6.10. The van der Waals surface area contributed by atoms with E-state index in [1.54, 1.807) is 0 Å². The van der Waals surface area contributed by atoms with Gasteiger partial charge in [0.25, 0.3) is 0 Å². The van der Waals surface area contributed by atoms with Crippen LogP contribution in [0.2, 0.25) is 0 Å². The summed E-state index contributed by atoms with van der Waals surface area (Å²) in [6, 6.07) is 2.63. The second-order valence-corrected chi connectivity index (χ2v) is 4.18. The van der Waals surface area contributed by atoms with Crippen molar-refractivity contribution in [2.24, 2.45) is 7.05 Å². The van der Waals surface area contributed by atoms with Crippen LogP contribution in [-0.2, 0) is 13.6 Å². The minimum Gasteiger partial charge on any atom is -0.310 e. The van der Waals surface area contributed by atoms with Crippen molar-refractivity contribution >= 4 is 12.4 Å². The molecule has 4 nitrogen and oxygen atoms in total. The third-order valence-corrected chi connectivity index (χ3v) is 2.95. The first-order chi connectivity index (χ1) is 7.67. The number of hydrogen-bond acceptors (Lipinski definition) is 3. The van der Waals surface area contributed by atoms with Gasteiger partial charge >= 0.3 is 0 Å². The SMILES string of the molecule is CCN(CC)C(C)CNCc1ccn(C)n1.Cl. The van der Waals surface area contributed by atoms with E-state index in [0.717, 1.165) is 31.9 Å². The standard InChI is InChI=1S/C12H24N4.ClH/c1-5-16(6-2)11(3)9-13-10-12-7-8-15(4)14-12;/h7-8,11,13H,5-6,9-10H2,1-4H3;1H. The van der Waals surface area contributed by atoms with Crippen LogP contribution in [0.15, 0.2) is 12.3 Å². The van der Waals surface area contributed by atoms with Crippen molar-refractivity contribution in [2.75, 3.05) is 19.6 Å². The summed E-state index contributed by atoms with van der Waals surface area (Å²) in [6.45, 7) is 10.8. The quantitative estimate of drug-likeness (QED) is 0.810. The van der Waals surface area contributed by atoms with E-state index in [9.17, 15) is 0 Å². The van der Waals surface area contributed by atoms with Crippen LogP contribution < -0.4 is 5.32 Å². The largest absolute Gasteiger partial charge is 0.310 e. The number of rotatable bonds is 7. The minimum absolute atomic E-state index is 0. The van der Waals surface area contributed by atoms with Gasteiger partial charge < -0.3 is 5.32 Å². The zero-order valence-corrected chi connectivity index (χ0v) is 12.1. The molecule has 1 heterocycles. The van der Waals surface area contributed by atoms with E-state index in [2.05, 4.69) is 42.2 Å². The van der Waals surface area contributed by atoms with Gasteiger partial charge in [-0.3, -0.25) is 9.58 Å². The Bertz CT molecular complexity index is 296. The van der Waals surface area contributed by atoms with Crippen molar-refractivity contribution < 1.29 is 0 Å². The Morgan fingerprint density at radius 3 is 2.53 bits per heavy atom. The van der Waals surface area contributed by atoms with Crippen molar-refractivity contribution in [3.05, 3.63) is 18.0 Å². The van der Waals surface area contributed by atoms with E-state index in [4.69, 9.17) is 0 Å². The summed E-state index contributed by atoms with van der Waals surface area (Å²) in [5.41, 5.74) is 1.11. The molecular formula is C12H25ClN4. The first-order valence-corrected chi connectivity index (χ1v) is 6.10. The van der Waals surface area contributed by atoms with Crippen LogP contribution in [0.5, 0.6) is 0 Å². The summed E-state index contributed by atoms with van der Waals surface area (Å²) in [7, 11) is 1.95. The van der Waals surface area contributed by atoms with E-state index in [0.29, 0.717) is 6.04 Å². The lowest BCUT2D eigenvalue weighted by molar-refractivity contribution is 0.225. The summed E-state index contributed by atoms with van der Waals surface area (Å²) < 4.78 is 1.84. The number of nitrogens with one attached hydrogen (secondary N) is 1. The highest BCUT2D eigenvalue weighted by Gasteiger charge is 2.09. The van der Waals surface area contributed by atoms with Crippen LogP contribution in [0.1, 0.15) is 26.5 Å². The fourth-order valence-corrected chi connectivity index (χ4v) is 1.94. The molecule has 0 aliphatic heterocycles. The normalized spacial score (nSPS) is 12.5. The number of likely N-dealkylation sites (N-methyl/N-ethyl adjacent to an activating group) is 1. The molecule has 1 aromatic heterocycles. The molecule has 1 N–H and O–H groups in total. The van der Waals surface area contributed by atoms with Gasteiger partial charge in [0.2, 0.25) is 0 Å². The molecule has 0 aromatic carbocycles. The molecule has 0 saturated heterocycles. The molecule has 0 fully saturated rings. The topological polar surface area (TPSA) is 33.1 Å². The highest BCUT2D eigenvalue weighted by Crippen LogP contribution is 1.98. The Morgan fingerprint density at radius 2 is 2.06 bits per heavy atom. The van der Waals surface area contributed by atoms with Gasteiger partial charge in [0.1, 0.15) is 0 Å². The monoisotopic (exact) mass is 260 g/mol. The van der Waals surface area contributed by atoms with Gasteiger partial charge in [-0.1, -0.05) is 13.8 Å². The van der Waals surface area contributed by atoms with Gasteiger partial charge in [-0.15, -0.1) is 12.4 Å². The van der Waals surface area contributed by atoms with E-state index < -0.39 is 0 Å². The summed E-state index contributed by atoms with van der Waals surface area (Å²) in [5.74, 6) is 0. The van der Waals surface area contributed by atoms with Crippen LogP contribution in [0.25, 0.3) is 0 Å². The van der Waals surface area contributed by atoms with Crippen LogP contribution in [-0.4, -0.2) is 40.4 Å². The average molecular weight is 261 g/mol. The lowest BCUT2D eigenvalue weighted by atomic mass is 10.2. The van der Waals surface area contributed by atoms with Crippen molar-refractivity contribution in [1.29, 1.82) is 0 Å². The van der Waals surface area contributed by atoms with Crippen LogP contribution in [0.4, 0.5) is 0 Å². The highest BCUT2D eigenvalue weighted by atomic mass is 35.5. The number of halogens is 1. The zero-order valence-electron chi connectivity index (χ0n) is 11.3. The van der Waals surface area contributed by atoms with Gasteiger partial charge in [-0.25, -0.2) is 0 Å². The fourth-order valence-electron chi connectivity index (χ4n) is 1.94. The van der Waals surface area contributed by atoms with Crippen LogP contribution in [0, 0.1) is 0 Å². The summed E-state index contributed by atoms with van der Waals surface area (Å²) in [4.78, 5) is 2.45. The lowest BCUT2D eigenvalue weighted by Gasteiger charge is -2.26. The predicted molar refractivity (Wildman–Crippen MR) is 74.5 cm³/mol. The first kappa shape index (κ1) is 16.4. The molecule has 0 spiro atoms. The molecular weight excluding hydrogens is 236 g/mol. The number of nitrogens with zero attached hydrogens (tertiary/aromatic N) is 3. The highest BCUT2D eigenvalue weighted by molar-refractivity contribution is 5.85. The Labute approximate surface area is 111 Å². The summed E-state index contributed by atoms with van der Waals surface area (Å²) in [5, 5.41) is 7.78. The van der Waals surface area contributed by atoms with Gasteiger partial charge in [0.05, 0.1) is 5.69 Å². The minimum atomic E-state index is 0. The number of aromatic nitrogens is 2. The van der Waals surface area contributed by atoms with Crippen molar-refractivity contribution in [2.45, 2.75) is 33.4 Å². The third-order valence-electron chi connectivity index (χ3n) is 2.95. The molecule has 100 valence electrons. The van der Waals surface area contributed by atoms with Crippen molar-refractivity contribution in [1.82, 2.24) is 20.0 Å². The summed E-state index contributed by atoms with van der Waals surface area (Å²) >= 11 is 0. The molecule has 0 aliphatic rings. The smallest absolute Gasteiger partial charge is 0.0762 e. The Morgan fingerprint density at radius 1 is 1.41 bits per heavy atom. The second kappa shape index (κ2) is 8.50. The average Bonchev–Trinajstić information content (AvgIpc) is 2.66. The molecule has 1 rings (SSSR count). The predicted octanol–water partition coefficient (Wildman–Crippen LogP) is 1.66. The molecule has 0 amide bonds.